The van der Waals surface area contributed by atoms with E-state index in [9.17, 15) is 27.1 Å². The van der Waals surface area contributed by atoms with Crippen LogP contribution < -0.4 is 10.9 Å². The first-order valence-corrected chi connectivity index (χ1v) is 11.3. The number of aliphatic hydroxyl groups is 1. The Bertz CT molecular complexity index is 1470. The van der Waals surface area contributed by atoms with Gasteiger partial charge in [0.05, 0.1) is 17.9 Å². The molecule has 1 aliphatic heterocycles. The molecule has 2 N–H and O–H groups in total. The van der Waals surface area contributed by atoms with Gasteiger partial charge < -0.3 is 10.4 Å². The summed E-state index contributed by atoms with van der Waals surface area (Å²) in [5, 5.41) is 12.6. The van der Waals surface area contributed by atoms with Crippen LogP contribution in [0.4, 0.5) is 14.7 Å². The van der Waals surface area contributed by atoms with E-state index < -0.39 is 89.6 Å². The van der Waals surface area contributed by atoms with E-state index in [-0.39, 0.29) is 28.2 Å². The quantitative estimate of drug-likeness (QED) is 0.673. The predicted molar refractivity (Wildman–Crippen MR) is 115 cm³/mol. The van der Waals surface area contributed by atoms with Crippen LogP contribution in [0.25, 0.3) is 11.0 Å². The van der Waals surface area contributed by atoms with Crippen LogP contribution in [0.15, 0.2) is 17.1 Å². The first-order valence-electron chi connectivity index (χ1n) is 13.8. The van der Waals surface area contributed by atoms with Crippen LogP contribution in [-0.4, -0.2) is 63.8 Å². The fourth-order valence-corrected chi connectivity index (χ4v) is 4.53. The highest BCUT2D eigenvalue weighted by Crippen LogP contribution is 2.37. The molecule has 0 bridgehead atoms. The summed E-state index contributed by atoms with van der Waals surface area (Å²) in [7, 11) is -5.05. The summed E-state index contributed by atoms with van der Waals surface area (Å²) in [4.78, 5) is 21.3. The molecule has 9 nitrogen and oxygen atoms in total. The Hall–Kier alpha value is -2.18. The topological polar surface area (TPSA) is 117 Å². The number of halogens is 2. The van der Waals surface area contributed by atoms with Gasteiger partial charge in [-0.1, -0.05) is 6.92 Å². The lowest BCUT2D eigenvalue weighted by atomic mass is 10.0. The van der Waals surface area contributed by atoms with Crippen molar-refractivity contribution in [3.05, 3.63) is 28.2 Å². The minimum absolute atomic E-state index is 0.0646. The zero-order chi connectivity index (χ0) is 30.2. The summed E-state index contributed by atoms with van der Waals surface area (Å²) in [6.07, 6.45) is -12.4. The number of fused-ring (bicyclic) bond motifs is 1. The Morgan fingerprint density at radius 2 is 2.09 bits per heavy atom. The lowest BCUT2D eigenvalue weighted by Gasteiger charge is -2.30. The van der Waals surface area contributed by atoms with Crippen molar-refractivity contribution in [1.29, 1.82) is 0 Å². The molecule has 0 amide bonds. The molecule has 32 heavy (non-hydrogen) atoms. The van der Waals surface area contributed by atoms with Gasteiger partial charge >= 0.3 is 0 Å². The number of piperidine rings is 1. The van der Waals surface area contributed by atoms with Crippen molar-refractivity contribution < 1.29 is 33.3 Å². The van der Waals surface area contributed by atoms with E-state index in [4.69, 9.17) is 11.0 Å². The summed E-state index contributed by atoms with van der Waals surface area (Å²) in [6, 6.07) is -1.82. The summed E-state index contributed by atoms with van der Waals surface area (Å²) in [5.41, 5.74) is -2.52. The van der Waals surface area contributed by atoms with Crippen molar-refractivity contribution in [2.75, 3.05) is 24.6 Å². The van der Waals surface area contributed by atoms with Gasteiger partial charge in [0.25, 0.3) is 12.0 Å². The van der Waals surface area contributed by atoms with E-state index in [0.717, 1.165) is 16.8 Å². The average Bonchev–Trinajstić information content (AvgIpc) is 3.11. The van der Waals surface area contributed by atoms with Crippen molar-refractivity contribution in [3.63, 3.8) is 0 Å². The van der Waals surface area contributed by atoms with Gasteiger partial charge in [-0.2, -0.15) is 4.98 Å². The average molecular weight is 480 g/mol. The molecule has 2 aliphatic rings. The maximum absolute atomic E-state index is 14.0. The van der Waals surface area contributed by atoms with Gasteiger partial charge in [-0.25, -0.2) is 26.5 Å². The maximum Gasteiger partial charge on any atom is 0.269 e. The first kappa shape index (κ1) is 14.9. The molecular formula is C20H27F2N5O4S. The Morgan fingerprint density at radius 3 is 2.69 bits per heavy atom. The number of hydrogen-bond donors (Lipinski definition) is 2. The smallest absolute Gasteiger partial charge is 0.269 e. The van der Waals surface area contributed by atoms with Crippen LogP contribution in [-0.2, 0) is 10.0 Å². The summed E-state index contributed by atoms with van der Waals surface area (Å²) in [5.74, 6) is -0.961. The highest BCUT2D eigenvalue weighted by molar-refractivity contribution is 7.88. The summed E-state index contributed by atoms with van der Waals surface area (Å²) < 4.78 is 116. The van der Waals surface area contributed by atoms with Crippen LogP contribution in [0, 0.1) is 5.92 Å². The van der Waals surface area contributed by atoms with E-state index in [1.165, 1.54) is 0 Å². The first-order chi connectivity index (χ1) is 18.1. The van der Waals surface area contributed by atoms with E-state index in [1.807, 2.05) is 0 Å². The molecule has 3 atom stereocenters. The Kier molecular flexibility index (Phi) is 4.01. The van der Waals surface area contributed by atoms with Crippen LogP contribution in [0.5, 0.6) is 0 Å². The zero-order valence-electron chi connectivity index (χ0n) is 24.9. The minimum Gasteiger partial charge on any atom is -0.393 e. The molecule has 12 heteroatoms. The molecule has 1 aliphatic carbocycles. The number of anilines is 1. The lowest BCUT2D eigenvalue weighted by Crippen LogP contribution is -2.42. The van der Waals surface area contributed by atoms with Gasteiger partial charge in [0.15, 0.2) is 0 Å². The molecule has 2 aromatic rings. The highest BCUT2D eigenvalue weighted by atomic mass is 32.2. The van der Waals surface area contributed by atoms with E-state index in [2.05, 4.69) is 15.3 Å². The number of alkyl halides is 2. The number of aromatic nitrogens is 3. The summed E-state index contributed by atoms with van der Waals surface area (Å²) >= 11 is 0. The van der Waals surface area contributed by atoms with Gasteiger partial charge in [-0.15, -0.1) is 0 Å². The molecule has 0 unspecified atom stereocenters. The van der Waals surface area contributed by atoms with Crippen LogP contribution in [0.1, 0.15) is 61.5 Å². The second-order valence-corrected chi connectivity index (χ2v) is 9.26. The van der Waals surface area contributed by atoms with Crippen LogP contribution >= 0.6 is 0 Å². The SMILES string of the molecule is [2H]C(F)(F)c1cc2cnc(NC3C([2H])([2H])CN(S(=O)(=O)C([2H])([2H])[2H])CC3([2H])[2H])nc2n([C@H]2CC[C@H](O)[C@@H]2C)c1=O. The molecule has 0 radical (unpaired) electrons. The lowest BCUT2D eigenvalue weighted by molar-refractivity contribution is 0.127. The van der Waals surface area contributed by atoms with Gasteiger partial charge in [0, 0.05) is 52.3 Å². The molecule has 3 heterocycles. The Morgan fingerprint density at radius 1 is 1.38 bits per heavy atom. The van der Waals surface area contributed by atoms with Crippen molar-refractivity contribution in [1.82, 2.24) is 18.8 Å². The fourth-order valence-electron chi connectivity index (χ4n) is 4.04. The van der Waals surface area contributed by atoms with Crippen LogP contribution in [0.2, 0.25) is 0 Å². The van der Waals surface area contributed by atoms with Crippen molar-refractivity contribution in [2.24, 2.45) is 5.92 Å². The number of pyridine rings is 1. The molecule has 176 valence electrons. The van der Waals surface area contributed by atoms with Crippen LogP contribution in [0.3, 0.4) is 0 Å². The molecule has 0 aromatic carbocycles. The number of nitrogens with zero attached hydrogens (tertiary/aromatic N) is 4. The van der Waals surface area contributed by atoms with E-state index >= 15 is 0 Å². The number of hydrogen-bond acceptors (Lipinski definition) is 7. The van der Waals surface area contributed by atoms with E-state index in [0.29, 0.717) is 0 Å². The normalized spacial score (nSPS) is 33.2. The highest BCUT2D eigenvalue weighted by Gasteiger charge is 2.35. The van der Waals surface area contributed by atoms with Gasteiger partial charge in [0.2, 0.25) is 16.0 Å². The maximum atomic E-state index is 14.0. The Labute approximate surface area is 195 Å². The molecular weight excluding hydrogens is 444 g/mol. The summed E-state index contributed by atoms with van der Waals surface area (Å²) in [6.45, 7) is -0.373. The largest absolute Gasteiger partial charge is 0.393 e. The number of nitrogens with one attached hydrogen (secondary N) is 1. The number of sulfonamides is 1. The van der Waals surface area contributed by atoms with Crippen molar-refractivity contribution in [3.8, 4) is 0 Å². The number of rotatable bonds is 5. The monoisotopic (exact) mass is 479 g/mol. The fraction of sp³-hybridized carbons (Fsp3) is 0.650. The standard InChI is InChI=1S/C20H27F2N5O4S/c1-11-15(3-4-16(11)28)27-18-12(9-14(17(21)22)19(27)29)10-23-20(25-18)24-13-5-7-26(8-6-13)32(2,30)31/h9-11,13,15-17,28H,3-8H2,1-2H3,(H,23,24,25)/t11-,15+,16+/m1/s1/i2D3,5D2,6D2,17D. The number of aliphatic hydroxyl groups excluding tert-OH is 1. The van der Waals surface area contributed by atoms with Gasteiger partial charge in [-0.05, 0) is 31.7 Å². The van der Waals surface area contributed by atoms with E-state index in [1.54, 1.807) is 6.92 Å². The molecule has 1 saturated heterocycles. The Balaban J connectivity index is 1.79. The van der Waals surface area contributed by atoms with Gasteiger partial charge in [-0.3, -0.25) is 9.36 Å². The molecule has 1 saturated carbocycles. The van der Waals surface area contributed by atoms with Crippen molar-refractivity contribution in [2.45, 2.75) is 57.1 Å². The van der Waals surface area contributed by atoms with Gasteiger partial charge in [0.1, 0.15) is 7.02 Å². The molecule has 0 spiro atoms. The molecule has 2 aromatic heterocycles. The third kappa shape index (κ3) is 4.35. The molecule has 4 rings (SSSR count). The zero-order valence-corrected chi connectivity index (χ0v) is 17.7. The minimum atomic E-state index is -5.05. The third-order valence-electron chi connectivity index (χ3n) is 5.84. The second-order valence-electron chi connectivity index (χ2n) is 7.80. The second kappa shape index (κ2) is 8.64. The third-order valence-corrected chi connectivity index (χ3v) is 6.78. The predicted octanol–water partition coefficient (Wildman–Crippen LogP) is 1.90. The molecule has 2 fully saturated rings. The van der Waals surface area contributed by atoms with Crippen molar-refractivity contribution >= 4 is 27.0 Å².